The van der Waals surface area contributed by atoms with Crippen molar-refractivity contribution in [1.82, 2.24) is 14.5 Å². The smallest absolute Gasteiger partial charge is 0.135 e. The Labute approximate surface area is 157 Å². The van der Waals surface area contributed by atoms with Gasteiger partial charge in [0.2, 0.25) is 0 Å². The zero-order valence-electron chi connectivity index (χ0n) is 15.4. The first-order valence-electron chi connectivity index (χ1n) is 9.12. The highest BCUT2D eigenvalue weighted by molar-refractivity contribution is 6.15. The fourth-order valence-corrected chi connectivity index (χ4v) is 3.71. The molecule has 5 nitrogen and oxygen atoms in total. The number of hydrogen-bond donors (Lipinski definition) is 0. The fourth-order valence-electron chi connectivity index (χ4n) is 3.71. The number of anilines is 1. The number of aliphatic imine (C=N–C) groups is 1. The third-order valence-corrected chi connectivity index (χ3v) is 5.47. The minimum absolute atomic E-state index is 0.420. The Morgan fingerprint density at radius 3 is 2.67 bits per heavy atom. The van der Waals surface area contributed by atoms with Crippen LogP contribution >= 0.6 is 0 Å². The van der Waals surface area contributed by atoms with E-state index in [9.17, 15) is 4.39 Å². The molecule has 0 radical (unpaired) electrons. The molecule has 0 amide bonds. The van der Waals surface area contributed by atoms with Gasteiger partial charge in [-0.1, -0.05) is 12.1 Å². The second-order valence-electron chi connectivity index (χ2n) is 7.19. The van der Waals surface area contributed by atoms with Crippen LogP contribution in [0.1, 0.15) is 22.5 Å². The summed E-state index contributed by atoms with van der Waals surface area (Å²) in [6.45, 7) is 3.52. The number of rotatable bonds is 3. The van der Waals surface area contributed by atoms with E-state index >= 15 is 0 Å². The van der Waals surface area contributed by atoms with E-state index in [1.165, 1.54) is 5.56 Å². The molecule has 0 bridgehead atoms. The number of halogens is 1. The predicted octanol–water partition coefficient (Wildman–Crippen LogP) is 3.30. The van der Waals surface area contributed by atoms with Gasteiger partial charge in [-0.3, -0.25) is 4.99 Å². The summed E-state index contributed by atoms with van der Waals surface area (Å²) in [5.74, 6) is 1.80. The number of hydrogen-bond acceptors (Lipinski definition) is 4. The summed E-state index contributed by atoms with van der Waals surface area (Å²) in [5.41, 5.74) is 6.59. The van der Waals surface area contributed by atoms with Crippen molar-refractivity contribution in [3.63, 3.8) is 0 Å². The van der Waals surface area contributed by atoms with E-state index in [1.807, 2.05) is 37.2 Å². The van der Waals surface area contributed by atoms with Crippen molar-refractivity contribution in [1.29, 1.82) is 0 Å². The van der Waals surface area contributed by atoms with Crippen molar-refractivity contribution in [2.45, 2.75) is 19.6 Å². The summed E-state index contributed by atoms with van der Waals surface area (Å²) in [6, 6.07) is 10.5. The van der Waals surface area contributed by atoms with Crippen LogP contribution in [0.4, 0.5) is 10.2 Å². The van der Waals surface area contributed by atoms with E-state index in [-0.39, 0.29) is 0 Å². The molecule has 6 heteroatoms. The Kier molecular flexibility index (Phi) is 3.60. The molecule has 1 saturated heterocycles. The average Bonchev–Trinajstić information content (AvgIpc) is 3.22. The number of fused-ring (bicyclic) bond motifs is 1. The quantitative estimate of drug-likeness (QED) is 0.719. The second kappa shape index (κ2) is 6.01. The number of imidazole rings is 1. The van der Waals surface area contributed by atoms with Crippen LogP contribution in [0.3, 0.4) is 0 Å². The second-order valence-corrected chi connectivity index (χ2v) is 7.19. The van der Waals surface area contributed by atoms with Gasteiger partial charge >= 0.3 is 0 Å². The number of aryl methyl sites for hydroxylation is 1. The molecule has 2 aromatic heterocycles. The third-order valence-electron chi connectivity index (χ3n) is 5.47. The summed E-state index contributed by atoms with van der Waals surface area (Å²) in [4.78, 5) is 15.5. The van der Waals surface area contributed by atoms with Gasteiger partial charge in [0.1, 0.15) is 17.8 Å². The third kappa shape index (κ3) is 2.63. The Morgan fingerprint density at radius 1 is 1.07 bits per heavy atom. The van der Waals surface area contributed by atoms with Crippen LogP contribution in [-0.4, -0.2) is 39.5 Å². The highest BCUT2D eigenvalue weighted by Gasteiger charge is 2.28. The molecule has 136 valence electrons. The normalized spacial score (nSPS) is 16.3. The Morgan fingerprint density at radius 2 is 1.93 bits per heavy atom. The molecule has 2 aliphatic heterocycles. The molecule has 5 rings (SSSR count). The van der Waals surface area contributed by atoms with E-state index in [4.69, 9.17) is 4.99 Å². The molecule has 0 spiro atoms. The fraction of sp³-hybridized carbons (Fsp3) is 0.286. The number of pyridine rings is 1. The van der Waals surface area contributed by atoms with Gasteiger partial charge in [0, 0.05) is 29.9 Å². The van der Waals surface area contributed by atoms with Crippen LogP contribution in [0.5, 0.6) is 0 Å². The average molecular weight is 361 g/mol. The van der Waals surface area contributed by atoms with Crippen LogP contribution in [0, 0.1) is 6.92 Å². The zero-order chi connectivity index (χ0) is 18.5. The van der Waals surface area contributed by atoms with E-state index in [2.05, 4.69) is 32.7 Å². The lowest BCUT2D eigenvalue weighted by molar-refractivity contribution is 0.273. The number of nitrogens with zero attached hydrogens (tertiary/aromatic N) is 5. The summed E-state index contributed by atoms with van der Waals surface area (Å²) in [5, 5.41) is 0. The summed E-state index contributed by atoms with van der Waals surface area (Å²) in [6.07, 6.45) is 2.94. The van der Waals surface area contributed by atoms with Gasteiger partial charge in [-0.05, 0) is 30.7 Å². The first-order valence-corrected chi connectivity index (χ1v) is 9.12. The number of aromatic nitrogens is 3. The highest BCUT2D eigenvalue weighted by atomic mass is 19.1. The summed E-state index contributed by atoms with van der Waals surface area (Å²) < 4.78 is 15.3. The molecule has 27 heavy (non-hydrogen) atoms. The highest BCUT2D eigenvalue weighted by Crippen LogP contribution is 2.30. The SMILES string of the molecule is Cc1ncc(-c2ccc3c(c2)C(c2ccnc(N4CC(F)C4)c2)=NC3)n1C. The molecule has 0 N–H and O–H groups in total. The van der Waals surface area contributed by atoms with Crippen LogP contribution in [0.15, 0.2) is 47.7 Å². The van der Waals surface area contributed by atoms with Gasteiger partial charge in [0.15, 0.2) is 0 Å². The van der Waals surface area contributed by atoms with E-state index in [0.29, 0.717) is 19.6 Å². The summed E-state index contributed by atoms with van der Waals surface area (Å²) in [7, 11) is 2.03. The van der Waals surface area contributed by atoms with Gasteiger partial charge in [0.05, 0.1) is 37.2 Å². The predicted molar refractivity (Wildman–Crippen MR) is 104 cm³/mol. The maximum absolute atomic E-state index is 13.2. The molecular weight excluding hydrogens is 341 g/mol. The molecule has 1 aromatic carbocycles. The number of benzene rings is 1. The van der Waals surface area contributed by atoms with Gasteiger partial charge in [-0.25, -0.2) is 14.4 Å². The Hall–Kier alpha value is -3.02. The maximum Gasteiger partial charge on any atom is 0.135 e. The molecule has 2 aliphatic rings. The van der Waals surface area contributed by atoms with Crippen molar-refractivity contribution >= 4 is 11.5 Å². The first-order chi connectivity index (χ1) is 13.1. The van der Waals surface area contributed by atoms with Gasteiger partial charge in [0.25, 0.3) is 0 Å². The molecular formula is C21H20FN5. The molecule has 0 atom stereocenters. The molecule has 0 saturated carbocycles. The molecule has 4 heterocycles. The van der Waals surface area contributed by atoms with Crippen molar-refractivity contribution in [3.05, 3.63) is 65.2 Å². The van der Waals surface area contributed by atoms with Crippen molar-refractivity contribution < 1.29 is 4.39 Å². The van der Waals surface area contributed by atoms with E-state index in [1.54, 1.807) is 6.20 Å². The van der Waals surface area contributed by atoms with E-state index in [0.717, 1.165) is 39.7 Å². The molecule has 0 aliphatic carbocycles. The summed E-state index contributed by atoms with van der Waals surface area (Å²) >= 11 is 0. The van der Waals surface area contributed by atoms with Crippen LogP contribution in [0.25, 0.3) is 11.3 Å². The van der Waals surface area contributed by atoms with Crippen molar-refractivity contribution in [2.24, 2.45) is 12.0 Å². The minimum Gasteiger partial charge on any atom is -0.351 e. The number of alkyl halides is 1. The monoisotopic (exact) mass is 361 g/mol. The van der Waals surface area contributed by atoms with E-state index < -0.39 is 6.17 Å². The van der Waals surface area contributed by atoms with Gasteiger partial charge < -0.3 is 9.47 Å². The molecule has 1 fully saturated rings. The maximum atomic E-state index is 13.2. The first kappa shape index (κ1) is 16.2. The van der Waals surface area contributed by atoms with Crippen LogP contribution in [0.2, 0.25) is 0 Å². The zero-order valence-corrected chi connectivity index (χ0v) is 15.4. The molecule has 3 aromatic rings. The van der Waals surface area contributed by atoms with Crippen molar-refractivity contribution in [3.8, 4) is 11.3 Å². The minimum atomic E-state index is -0.745. The lowest BCUT2D eigenvalue weighted by Gasteiger charge is -2.35. The van der Waals surface area contributed by atoms with Crippen LogP contribution < -0.4 is 4.90 Å². The lowest BCUT2D eigenvalue weighted by Crippen LogP contribution is -2.48. The van der Waals surface area contributed by atoms with Gasteiger partial charge in [-0.2, -0.15) is 0 Å². The van der Waals surface area contributed by atoms with Crippen LogP contribution in [-0.2, 0) is 13.6 Å². The standard InChI is InChI=1S/C21H20FN5/c1-13-24-10-19(26(13)2)14-3-4-16-9-25-21(18(16)7-14)15-5-6-23-20(8-15)27-11-17(22)12-27/h3-8,10,17H,9,11-12H2,1-2H3. The topological polar surface area (TPSA) is 46.3 Å². The largest absolute Gasteiger partial charge is 0.351 e. The lowest BCUT2D eigenvalue weighted by atomic mass is 9.97. The Bertz CT molecular complexity index is 1060. The Balaban J connectivity index is 1.52. The van der Waals surface area contributed by atoms with Gasteiger partial charge in [-0.15, -0.1) is 0 Å². The van der Waals surface area contributed by atoms with Crippen molar-refractivity contribution in [2.75, 3.05) is 18.0 Å². The molecule has 0 unspecified atom stereocenters.